The molecule has 0 radical (unpaired) electrons. The number of nitrogens with one attached hydrogen (secondary N) is 2. The van der Waals surface area contributed by atoms with Crippen molar-refractivity contribution < 1.29 is 9.59 Å². The predicted octanol–water partition coefficient (Wildman–Crippen LogP) is -0.254. The highest BCUT2D eigenvalue weighted by Gasteiger charge is 2.34. The zero-order chi connectivity index (χ0) is 13.8. The van der Waals surface area contributed by atoms with Crippen LogP contribution < -0.4 is 16.6 Å². The van der Waals surface area contributed by atoms with E-state index in [9.17, 15) is 9.59 Å². The van der Waals surface area contributed by atoms with Gasteiger partial charge >= 0.3 is 0 Å². The Morgan fingerprint density at radius 3 is 3.11 bits per heavy atom. The first-order valence-corrected chi connectivity index (χ1v) is 7.13. The van der Waals surface area contributed by atoms with Crippen LogP contribution in [-0.2, 0) is 9.59 Å². The van der Waals surface area contributed by atoms with Crippen LogP contribution in [0.4, 0.5) is 0 Å². The number of nitrogens with zero attached hydrogens (tertiary/aromatic N) is 1. The number of hydrogen-bond acceptors (Lipinski definition) is 4. The molecule has 0 aromatic rings. The minimum atomic E-state index is -0.105. The normalized spacial score (nSPS) is 29.3. The Kier molecular flexibility index (Phi) is 4.76. The molecule has 2 heterocycles. The average Bonchev–Trinajstić information content (AvgIpc) is 2.43. The van der Waals surface area contributed by atoms with Crippen LogP contribution in [0.2, 0.25) is 0 Å². The van der Waals surface area contributed by atoms with Gasteiger partial charge in [0, 0.05) is 38.0 Å². The Labute approximate surface area is 114 Å². The Hall–Kier alpha value is -1.14. The average molecular weight is 268 g/mol. The van der Waals surface area contributed by atoms with E-state index in [1.54, 1.807) is 0 Å². The Morgan fingerprint density at radius 1 is 1.58 bits per heavy atom. The van der Waals surface area contributed by atoms with Crippen LogP contribution >= 0.6 is 0 Å². The number of piperidine rings is 2. The van der Waals surface area contributed by atoms with Crippen LogP contribution in [0.15, 0.2) is 0 Å². The van der Waals surface area contributed by atoms with Crippen LogP contribution in [0, 0.1) is 5.92 Å². The van der Waals surface area contributed by atoms with Crippen molar-refractivity contribution in [3.05, 3.63) is 0 Å². The van der Waals surface area contributed by atoms with Gasteiger partial charge in [-0.25, -0.2) is 5.84 Å². The molecule has 19 heavy (non-hydrogen) atoms. The fourth-order valence-electron chi connectivity index (χ4n) is 3.13. The van der Waals surface area contributed by atoms with Crippen LogP contribution in [0.1, 0.15) is 39.0 Å². The summed E-state index contributed by atoms with van der Waals surface area (Å²) >= 11 is 0. The van der Waals surface area contributed by atoms with Crippen molar-refractivity contribution in [3.63, 3.8) is 0 Å². The number of hydrogen-bond donors (Lipinski definition) is 3. The van der Waals surface area contributed by atoms with Crippen LogP contribution in [-0.4, -0.2) is 41.9 Å². The van der Waals surface area contributed by atoms with Crippen LogP contribution in [0.25, 0.3) is 0 Å². The SMILES string of the molecule is CC(CCC(=O)NN)N1CCC2NC(=O)CCC2C1. The monoisotopic (exact) mass is 268 g/mol. The largest absolute Gasteiger partial charge is 0.353 e. The molecule has 0 aliphatic carbocycles. The van der Waals surface area contributed by atoms with Crippen molar-refractivity contribution in [3.8, 4) is 0 Å². The van der Waals surface area contributed by atoms with Gasteiger partial charge in [0.1, 0.15) is 0 Å². The number of amides is 2. The Balaban J connectivity index is 1.80. The highest BCUT2D eigenvalue weighted by Crippen LogP contribution is 2.27. The zero-order valence-corrected chi connectivity index (χ0v) is 11.5. The molecule has 6 heteroatoms. The quantitative estimate of drug-likeness (QED) is 0.372. The summed E-state index contributed by atoms with van der Waals surface area (Å²) in [4.78, 5) is 25.0. The molecule has 2 fully saturated rings. The van der Waals surface area contributed by atoms with Gasteiger partial charge < -0.3 is 10.2 Å². The predicted molar refractivity (Wildman–Crippen MR) is 71.9 cm³/mol. The molecule has 3 atom stereocenters. The second-order valence-corrected chi connectivity index (χ2v) is 5.71. The Morgan fingerprint density at radius 2 is 2.37 bits per heavy atom. The summed E-state index contributed by atoms with van der Waals surface area (Å²) in [6.07, 6.45) is 3.96. The number of carbonyl (C=O) groups is 2. The summed E-state index contributed by atoms with van der Waals surface area (Å²) in [6.45, 7) is 4.18. The topological polar surface area (TPSA) is 87.5 Å². The molecule has 0 aromatic heterocycles. The maximum absolute atomic E-state index is 11.4. The number of nitrogens with two attached hydrogens (primary N) is 1. The maximum Gasteiger partial charge on any atom is 0.233 e. The van der Waals surface area contributed by atoms with Crippen molar-refractivity contribution in [2.24, 2.45) is 11.8 Å². The van der Waals surface area contributed by atoms with Gasteiger partial charge in [-0.2, -0.15) is 0 Å². The van der Waals surface area contributed by atoms with Crippen molar-refractivity contribution in [2.75, 3.05) is 13.1 Å². The van der Waals surface area contributed by atoms with Crippen molar-refractivity contribution in [2.45, 2.75) is 51.1 Å². The Bertz CT molecular complexity index is 348. The first-order valence-electron chi connectivity index (χ1n) is 7.13. The summed E-state index contributed by atoms with van der Waals surface area (Å²) in [5.74, 6) is 5.74. The number of fused-ring (bicyclic) bond motifs is 1. The molecule has 2 aliphatic heterocycles. The number of carbonyl (C=O) groups excluding carboxylic acids is 2. The summed E-state index contributed by atoms with van der Waals surface area (Å²) in [7, 11) is 0. The fraction of sp³-hybridized carbons (Fsp3) is 0.846. The third-order valence-electron chi connectivity index (χ3n) is 4.43. The molecule has 3 unspecified atom stereocenters. The van der Waals surface area contributed by atoms with Gasteiger partial charge in [0.15, 0.2) is 0 Å². The van der Waals surface area contributed by atoms with E-state index in [0.29, 0.717) is 30.8 Å². The molecule has 0 bridgehead atoms. The molecular weight excluding hydrogens is 244 g/mol. The minimum absolute atomic E-state index is 0.105. The molecular formula is C13H24N4O2. The lowest BCUT2D eigenvalue weighted by molar-refractivity contribution is -0.126. The van der Waals surface area contributed by atoms with E-state index in [4.69, 9.17) is 5.84 Å². The standard InChI is InChI=1S/C13H24N4O2/c1-9(2-4-13(19)16-14)17-7-6-11-10(8-17)3-5-12(18)15-11/h9-11H,2-8,14H2,1H3,(H,15,18)(H,16,19). The molecule has 2 aliphatic rings. The van der Waals surface area contributed by atoms with Crippen molar-refractivity contribution >= 4 is 11.8 Å². The molecule has 4 N–H and O–H groups in total. The van der Waals surface area contributed by atoms with Crippen LogP contribution in [0.3, 0.4) is 0 Å². The van der Waals surface area contributed by atoms with Gasteiger partial charge in [0.25, 0.3) is 0 Å². The number of likely N-dealkylation sites (tertiary alicyclic amines) is 1. The van der Waals surface area contributed by atoms with Crippen molar-refractivity contribution in [1.82, 2.24) is 15.6 Å². The lowest BCUT2D eigenvalue weighted by atomic mass is 9.84. The molecule has 2 saturated heterocycles. The molecule has 0 aromatic carbocycles. The summed E-state index contributed by atoms with van der Waals surface area (Å²) in [5.41, 5.74) is 2.17. The second kappa shape index (κ2) is 6.34. The highest BCUT2D eigenvalue weighted by atomic mass is 16.2. The van der Waals surface area contributed by atoms with Gasteiger partial charge in [-0.3, -0.25) is 15.0 Å². The second-order valence-electron chi connectivity index (χ2n) is 5.71. The third kappa shape index (κ3) is 3.67. The third-order valence-corrected chi connectivity index (χ3v) is 4.43. The summed E-state index contributed by atoms with van der Waals surface area (Å²) in [5, 5.41) is 3.09. The fourth-order valence-corrected chi connectivity index (χ4v) is 3.13. The van der Waals surface area contributed by atoms with E-state index in [1.807, 2.05) is 0 Å². The van der Waals surface area contributed by atoms with Gasteiger partial charge in [-0.15, -0.1) is 0 Å². The van der Waals surface area contributed by atoms with E-state index in [2.05, 4.69) is 22.6 Å². The smallest absolute Gasteiger partial charge is 0.233 e. The van der Waals surface area contributed by atoms with Gasteiger partial charge in [-0.1, -0.05) is 0 Å². The van der Waals surface area contributed by atoms with E-state index in [1.165, 1.54) is 0 Å². The number of rotatable bonds is 4. The summed E-state index contributed by atoms with van der Waals surface area (Å²) in [6, 6.07) is 0.743. The zero-order valence-electron chi connectivity index (χ0n) is 11.5. The van der Waals surface area contributed by atoms with Gasteiger partial charge in [-0.05, 0) is 32.1 Å². The molecule has 108 valence electrons. The van der Waals surface area contributed by atoms with Crippen molar-refractivity contribution in [1.29, 1.82) is 0 Å². The maximum atomic E-state index is 11.4. The number of hydrazine groups is 1. The molecule has 2 rings (SSSR count). The van der Waals surface area contributed by atoms with Crippen LogP contribution in [0.5, 0.6) is 0 Å². The van der Waals surface area contributed by atoms with E-state index in [0.717, 1.165) is 32.4 Å². The molecule has 0 saturated carbocycles. The lowest BCUT2D eigenvalue weighted by Gasteiger charge is -2.43. The molecule has 6 nitrogen and oxygen atoms in total. The molecule has 0 spiro atoms. The minimum Gasteiger partial charge on any atom is -0.353 e. The molecule has 2 amide bonds. The van der Waals surface area contributed by atoms with Gasteiger partial charge in [0.2, 0.25) is 11.8 Å². The lowest BCUT2D eigenvalue weighted by Crippen LogP contribution is -2.55. The first kappa shape index (κ1) is 14.3. The summed E-state index contributed by atoms with van der Waals surface area (Å²) < 4.78 is 0. The van der Waals surface area contributed by atoms with E-state index < -0.39 is 0 Å². The highest BCUT2D eigenvalue weighted by molar-refractivity contribution is 5.77. The first-order chi connectivity index (χ1) is 9.10. The van der Waals surface area contributed by atoms with Gasteiger partial charge in [0.05, 0.1) is 0 Å². The van der Waals surface area contributed by atoms with E-state index in [-0.39, 0.29) is 11.8 Å². The van der Waals surface area contributed by atoms with E-state index >= 15 is 0 Å².